The maximum Gasteiger partial charge on any atom is 0.238 e. The fourth-order valence-corrected chi connectivity index (χ4v) is 2.73. The monoisotopic (exact) mass is 373 g/mol. The lowest BCUT2D eigenvalue weighted by molar-refractivity contribution is -0.117. The van der Waals surface area contributed by atoms with Crippen molar-refractivity contribution in [1.82, 2.24) is 4.90 Å². The highest BCUT2D eigenvalue weighted by Gasteiger charge is 2.14. The largest absolute Gasteiger partial charge is 0.495 e. The summed E-state index contributed by atoms with van der Waals surface area (Å²) >= 11 is 6.07. The van der Waals surface area contributed by atoms with E-state index < -0.39 is 0 Å². The fraction of sp³-hybridized carbons (Fsp3) is 0.263. The van der Waals surface area contributed by atoms with E-state index in [1.54, 1.807) is 18.2 Å². The summed E-state index contributed by atoms with van der Waals surface area (Å²) < 4.78 is 10.4. The molecular weight excluding hydrogens is 354 g/mol. The molecule has 0 spiro atoms. The van der Waals surface area contributed by atoms with Crippen LogP contribution in [-0.4, -0.2) is 38.6 Å². The Balaban J connectivity index is 2.03. The van der Waals surface area contributed by atoms with Crippen LogP contribution in [0.15, 0.2) is 36.4 Å². The van der Waals surface area contributed by atoms with Crippen molar-refractivity contribution < 1.29 is 14.3 Å². The Bertz CT molecular complexity index is 833. The van der Waals surface area contributed by atoms with Gasteiger partial charge in [-0.2, -0.15) is 5.26 Å². The zero-order valence-corrected chi connectivity index (χ0v) is 15.6. The van der Waals surface area contributed by atoms with Gasteiger partial charge in [-0.25, -0.2) is 0 Å². The topological polar surface area (TPSA) is 74.6 Å². The highest BCUT2D eigenvalue weighted by molar-refractivity contribution is 6.32. The molecule has 0 heterocycles. The van der Waals surface area contributed by atoms with Gasteiger partial charge in [0.05, 0.1) is 43.1 Å². The van der Waals surface area contributed by atoms with Crippen molar-refractivity contribution in [1.29, 1.82) is 5.26 Å². The van der Waals surface area contributed by atoms with Crippen molar-refractivity contribution in [2.75, 3.05) is 33.1 Å². The third kappa shape index (κ3) is 5.12. The Kier molecular flexibility index (Phi) is 6.84. The predicted octanol–water partition coefficient (Wildman–Crippen LogP) is 3.30. The van der Waals surface area contributed by atoms with Crippen LogP contribution >= 0.6 is 11.6 Å². The molecule has 0 fully saturated rings. The third-order valence-corrected chi connectivity index (χ3v) is 3.97. The van der Waals surface area contributed by atoms with E-state index in [2.05, 4.69) is 11.4 Å². The van der Waals surface area contributed by atoms with Crippen molar-refractivity contribution in [3.8, 4) is 17.6 Å². The van der Waals surface area contributed by atoms with Gasteiger partial charge in [-0.3, -0.25) is 9.69 Å². The Morgan fingerprint density at radius 2 is 1.96 bits per heavy atom. The van der Waals surface area contributed by atoms with E-state index in [1.165, 1.54) is 14.2 Å². The number of nitrogens with zero attached hydrogens (tertiary/aromatic N) is 2. The molecule has 2 aromatic carbocycles. The number of nitriles is 1. The van der Waals surface area contributed by atoms with Gasteiger partial charge in [0.15, 0.2) is 0 Å². The number of rotatable bonds is 7. The molecule has 0 aliphatic heterocycles. The van der Waals surface area contributed by atoms with Crippen LogP contribution in [0, 0.1) is 11.3 Å². The standard InChI is InChI=1S/C19H20ClN3O3/c1-23(11-14-6-4-5-13(7-14)10-21)12-19(24)22-16-9-17(25-2)15(20)8-18(16)26-3/h4-9H,11-12H2,1-3H3,(H,22,24). The SMILES string of the molecule is COc1cc(NC(=O)CN(C)Cc2cccc(C#N)c2)c(OC)cc1Cl. The van der Waals surface area contributed by atoms with E-state index in [0.717, 1.165) is 5.56 Å². The van der Waals surface area contributed by atoms with Crippen molar-refractivity contribution in [3.63, 3.8) is 0 Å². The highest BCUT2D eigenvalue weighted by atomic mass is 35.5. The molecule has 26 heavy (non-hydrogen) atoms. The Hall–Kier alpha value is -2.75. The molecule has 0 aliphatic rings. The number of anilines is 1. The van der Waals surface area contributed by atoms with E-state index in [0.29, 0.717) is 34.3 Å². The summed E-state index contributed by atoms with van der Waals surface area (Å²) in [5.41, 5.74) is 2.04. The molecule has 0 saturated carbocycles. The van der Waals surface area contributed by atoms with Gasteiger partial charge in [0.25, 0.3) is 0 Å². The van der Waals surface area contributed by atoms with Gasteiger partial charge < -0.3 is 14.8 Å². The first-order chi connectivity index (χ1) is 12.5. The molecule has 2 rings (SSSR count). The maximum atomic E-state index is 12.4. The smallest absolute Gasteiger partial charge is 0.238 e. The molecule has 0 aliphatic carbocycles. The van der Waals surface area contributed by atoms with Gasteiger partial charge in [0, 0.05) is 18.7 Å². The Labute approximate surface area is 157 Å². The van der Waals surface area contributed by atoms with Crippen LogP contribution < -0.4 is 14.8 Å². The summed E-state index contributed by atoms with van der Waals surface area (Å²) in [7, 11) is 4.84. The molecule has 7 heteroatoms. The van der Waals surface area contributed by atoms with Crippen LogP contribution in [-0.2, 0) is 11.3 Å². The number of amides is 1. The number of hydrogen-bond acceptors (Lipinski definition) is 5. The molecule has 0 saturated heterocycles. The third-order valence-electron chi connectivity index (χ3n) is 3.67. The average molecular weight is 374 g/mol. The number of benzene rings is 2. The first kappa shape index (κ1) is 19.6. The van der Waals surface area contributed by atoms with Crippen molar-refractivity contribution in [2.45, 2.75) is 6.54 Å². The van der Waals surface area contributed by atoms with Gasteiger partial charge in [0.2, 0.25) is 5.91 Å². The highest BCUT2D eigenvalue weighted by Crippen LogP contribution is 2.35. The normalized spacial score (nSPS) is 10.3. The molecule has 0 radical (unpaired) electrons. The van der Waals surface area contributed by atoms with E-state index >= 15 is 0 Å². The summed E-state index contributed by atoms with van der Waals surface area (Å²) in [6.45, 7) is 0.717. The second kappa shape index (κ2) is 9.09. The van der Waals surface area contributed by atoms with Crippen LogP contribution in [0.4, 0.5) is 5.69 Å². The zero-order chi connectivity index (χ0) is 19.1. The minimum atomic E-state index is -0.202. The van der Waals surface area contributed by atoms with Crippen LogP contribution in [0.5, 0.6) is 11.5 Å². The van der Waals surface area contributed by atoms with Crippen LogP contribution in [0.3, 0.4) is 0 Å². The lowest BCUT2D eigenvalue weighted by atomic mass is 10.1. The predicted molar refractivity (Wildman–Crippen MR) is 101 cm³/mol. The number of carbonyl (C=O) groups is 1. The summed E-state index contributed by atoms with van der Waals surface area (Å²) in [4.78, 5) is 14.2. The lowest BCUT2D eigenvalue weighted by Crippen LogP contribution is -2.30. The first-order valence-electron chi connectivity index (χ1n) is 7.85. The number of carbonyl (C=O) groups excluding carboxylic acids is 1. The molecule has 2 aromatic rings. The summed E-state index contributed by atoms with van der Waals surface area (Å²) in [5.74, 6) is 0.699. The van der Waals surface area contributed by atoms with Gasteiger partial charge in [-0.05, 0) is 24.7 Å². The maximum absolute atomic E-state index is 12.4. The molecule has 1 N–H and O–H groups in total. The molecular formula is C19H20ClN3O3. The quantitative estimate of drug-likeness (QED) is 0.806. The Morgan fingerprint density at radius 3 is 2.62 bits per heavy atom. The van der Waals surface area contributed by atoms with Crippen LogP contribution in [0.25, 0.3) is 0 Å². The fourth-order valence-electron chi connectivity index (χ4n) is 2.50. The van der Waals surface area contributed by atoms with E-state index in [-0.39, 0.29) is 12.5 Å². The van der Waals surface area contributed by atoms with E-state index in [9.17, 15) is 4.79 Å². The minimum absolute atomic E-state index is 0.172. The summed E-state index contributed by atoms with van der Waals surface area (Å²) in [5, 5.41) is 12.2. The molecule has 6 nitrogen and oxygen atoms in total. The van der Waals surface area contributed by atoms with Crippen molar-refractivity contribution in [2.24, 2.45) is 0 Å². The summed E-state index contributed by atoms with van der Waals surface area (Å²) in [6.07, 6.45) is 0. The number of methoxy groups -OCH3 is 2. The molecule has 0 aromatic heterocycles. The van der Waals surface area contributed by atoms with Crippen LogP contribution in [0.2, 0.25) is 5.02 Å². The number of halogens is 1. The first-order valence-corrected chi connectivity index (χ1v) is 8.23. The lowest BCUT2D eigenvalue weighted by Gasteiger charge is -2.18. The molecule has 136 valence electrons. The minimum Gasteiger partial charge on any atom is -0.495 e. The second-order valence-electron chi connectivity index (χ2n) is 5.72. The van der Waals surface area contributed by atoms with Crippen molar-refractivity contribution in [3.05, 3.63) is 52.5 Å². The molecule has 1 amide bonds. The number of ether oxygens (including phenoxy) is 2. The molecule has 0 unspecified atom stereocenters. The second-order valence-corrected chi connectivity index (χ2v) is 6.13. The van der Waals surface area contributed by atoms with Gasteiger partial charge in [0.1, 0.15) is 11.5 Å². The van der Waals surface area contributed by atoms with E-state index in [4.69, 9.17) is 26.3 Å². The van der Waals surface area contributed by atoms with Gasteiger partial charge >= 0.3 is 0 Å². The van der Waals surface area contributed by atoms with Gasteiger partial charge in [-0.1, -0.05) is 23.7 Å². The number of likely N-dealkylation sites (N-methyl/N-ethyl adjacent to an activating group) is 1. The average Bonchev–Trinajstić information content (AvgIpc) is 2.62. The number of nitrogens with one attached hydrogen (secondary N) is 1. The zero-order valence-electron chi connectivity index (χ0n) is 14.9. The van der Waals surface area contributed by atoms with Crippen molar-refractivity contribution >= 4 is 23.2 Å². The number of hydrogen-bond donors (Lipinski definition) is 1. The van der Waals surface area contributed by atoms with E-state index in [1.807, 2.05) is 30.1 Å². The summed E-state index contributed by atoms with van der Waals surface area (Å²) in [6, 6.07) is 12.6. The van der Waals surface area contributed by atoms with Crippen LogP contribution in [0.1, 0.15) is 11.1 Å². The molecule has 0 bridgehead atoms. The Morgan fingerprint density at radius 1 is 1.23 bits per heavy atom. The van der Waals surface area contributed by atoms with Gasteiger partial charge in [-0.15, -0.1) is 0 Å². The molecule has 0 atom stereocenters.